The second-order valence-corrected chi connectivity index (χ2v) is 7.78. The minimum Gasteiger partial charge on any atom is -0.368 e. The molecule has 154 valence electrons. The molecule has 0 aliphatic carbocycles. The maximum Gasteiger partial charge on any atom is 0.251 e. The molecule has 1 unspecified atom stereocenters. The van der Waals surface area contributed by atoms with Crippen LogP contribution in [0.2, 0.25) is 0 Å². The SMILES string of the molecule is CCNC(=NCc1cn2c(n1)CCCC2)N1CCN(C(=O)C2CCCO2)CC1. The van der Waals surface area contributed by atoms with E-state index in [1.54, 1.807) is 0 Å². The Morgan fingerprint density at radius 2 is 2.04 bits per heavy atom. The van der Waals surface area contributed by atoms with E-state index < -0.39 is 0 Å². The summed E-state index contributed by atoms with van der Waals surface area (Å²) in [6, 6.07) is 0. The third kappa shape index (κ3) is 4.32. The maximum atomic E-state index is 12.5. The third-order valence-electron chi connectivity index (χ3n) is 5.78. The van der Waals surface area contributed by atoms with Gasteiger partial charge < -0.3 is 24.4 Å². The van der Waals surface area contributed by atoms with Gasteiger partial charge in [-0.3, -0.25) is 4.79 Å². The van der Waals surface area contributed by atoms with Crippen LogP contribution in [0.4, 0.5) is 0 Å². The highest BCUT2D eigenvalue weighted by Crippen LogP contribution is 2.17. The largest absolute Gasteiger partial charge is 0.368 e. The zero-order chi connectivity index (χ0) is 19.3. The molecule has 1 atom stereocenters. The van der Waals surface area contributed by atoms with E-state index in [1.807, 2.05) is 4.90 Å². The molecule has 3 aliphatic heterocycles. The third-order valence-corrected chi connectivity index (χ3v) is 5.78. The first kappa shape index (κ1) is 19.2. The molecule has 1 amide bonds. The number of hydrogen-bond acceptors (Lipinski definition) is 4. The van der Waals surface area contributed by atoms with E-state index in [4.69, 9.17) is 14.7 Å². The molecule has 4 rings (SSSR count). The summed E-state index contributed by atoms with van der Waals surface area (Å²) in [5.74, 6) is 2.27. The normalized spacial score (nSPS) is 23.0. The number of guanidine groups is 1. The summed E-state index contributed by atoms with van der Waals surface area (Å²) in [5, 5.41) is 3.40. The molecule has 0 spiro atoms. The predicted molar refractivity (Wildman–Crippen MR) is 107 cm³/mol. The molecule has 2 saturated heterocycles. The molecular formula is C20H32N6O2. The van der Waals surface area contributed by atoms with Crippen LogP contribution in [0.25, 0.3) is 0 Å². The minimum atomic E-state index is -0.222. The number of nitrogens with one attached hydrogen (secondary N) is 1. The molecule has 0 bridgehead atoms. The van der Waals surface area contributed by atoms with E-state index in [0.29, 0.717) is 13.2 Å². The van der Waals surface area contributed by atoms with Gasteiger partial charge in [-0.05, 0) is 32.6 Å². The van der Waals surface area contributed by atoms with E-state index in [2.05, 4.69) is 27.9 Å². The predicted octanol–water partition coefficient (Wildman–Crippen LogP) is 1.01. The summed E-state index contributed by atoms with van der Waals surface area (Å²) in [6.45, 7) is 8.34. The maximum absolute atomic E-state index is 12.5. The number of imidazole rings is 1. The van der Waals surface area contributed by atoms with Crippen molar-refractivity contribution in [3.05, 3.63) is 17.7 Å². The highest BCUT2D eigenvalue weighted by Gasteiger charge is 2.30. The van der Waals surface area contributed by atoms with Gasteiger partial charge in [0, 0.05) is 58.5 Å². The molecule has 8 heteroatoms. The number of aryl methyl sites for hydroxylation is 2. The van der Waals surface area contributed by atoms with Gasteiger partial charge in [-0.15, -0.1) is 0 Å². The van der Waals surface area contributed by atoms with Gasteiger partial charge in [0.1, 0.15) is 11.9 Å². The van der Waals surface area contributed by atoms with Gasteiger partial charge in [0.05, 0.1) is 12.2 Å². The molecule has 3 aliphatic rings. The van der Waals surface area contributed by atoms with Crippen LogP contribution in [0, 0.1) is 0 Å². The Bertz CT molecular complexity index is 678. The fourth-order valence-electron chi connectivity index (χ4n) is 4.24. The van der Waals surface area contributed by atoms with Crippen LogP contribution < -0.4 is 5.32 Å². The van der Waals surface area contributed by atoms with Crippen molar-refractivity contribution in [2.75, 3.05) is 39.3 Å². The number of piperazine rings is 1. The topological polar surface area (TPSA) is 75.0 Å². The molecule has 4 heterocycles. The van der Waals surface area contributed by atoms with Crippen molar-refractivity contribution < 1.29 is 9.53 Å². The van der Waals surface area contributed by atoms with Crippen molar-refractivity contribution in [1.82, 2.24) is 24.7 Å². The van der Waals surface area contributed by atoms with Crippen molar-refractivity contribution in [2.24, 2.45) is 4.99 Å². The average Bonchev–Trinajstić information content (AvgIpc) is 3.40. The van der Waals surface area contributed by atoms with Gasteiger partial charge >= 0.3 is 0 Å². The lowest BCUT2D eigenvalue weighted by Gasteiger charge is -2.37. The standard InChI is InChI=1S/C20H32N6O2/c1-2-21-20(22-14-16-15-26-8-4-3-7-18(26)23-16)25-11-9-24(10-12-25)19(27)17-6-5-13-28-17/h15,17H,2-14H2,1H3,(H,21,22). The molecule has 8 nitrogen and oxygen atoms in total. The molecule has 28 heavy (non-hydrogen) atoms. The second-order valence-electron chi connectivity index (χ2n) is 7.78. The minimum absolute atomic E-state index is 0.155. The van der Waals surface area contributed by atoms with Crippen LogP contribution in [0.3, 0.4) is 0 Å². The lowest BCUT2D eigenvalue weighted by Crippen LogP contribution is -2.55. The van der Waals surface area contributed by atoms with Crippen molar-refractivity contribution in [2.45, 2.75) is 58.2 Å². The molecule has 0 saturated carbocycles. The number of aromatic nitrogens is 2. The number of amides is 1. The van der Waals surface area contributed by atoms with E-state index in [1.165, 1.54) is 18.7 Å². The van der Waals surface area contributed by atoms with Gasteiger partial charge in [-0.2, -0.15) is 0 Å². The fraction of sp³-hybridized carbons (Fsp3) is 0.750. The van der Waals surface area contributed by atoms with Crippen LogP contribution >= 0.6 is 0 Å². The van der Waals surface area contributed by atoms with Gasteiger partial charge in [-0.25, -0.2) is 9.98 Å². The van der Waals surface area contributed by atoms with Gasteiger partial charge in [0.15, 0.2) is 5.96 Å². The smallest absolute Gasteiger partial charge is 0.251 e. The molecule has 2 fully saturated rings. The Labute approximate surface area is 166 Å². The summed E-state index contributed by atoms with van der Waals surface area (Å²) >= 11 is 0. The lowest BCUT2D eigenvalue weighted by atomic mass is 10.2. The van der Waals surface area contributed by atoms with Crippen LogP contribution in [0.1, 0.15) is 44.1 Å². The Morgan fingerprint density at radius 1 is 1.21 bits per heavy atom. The van der Waals surface area contributed by atoms with E-state index in [-0.39, 0.29) is 12.0 Å². The van der Waals surface area contributed by atoms with Crippen molar-refractivity contribution >= 4 is 11.9 Å². The van der Waals surface area contributed by atoms with Crippen LogP contribution in [0.15, 0.2) is 11.2 Å². The molecular weight excluding hydrogens is 356 g/mol. The fourth-order valence-corrected chi connectivity index (χ4v) is 4.24. The Balaban J connectivity index is 1.34. The van der Waals surface area contributed by atoms with Crippen molar-refractivity contribution in [1.29, 1.82) is 0 Å². The van der Waals surface area contributed by atoms with Gasteiger partial charge in [-0.1, -0.05) is 0 Å². The van der Waals surface area contributed by atoms with Crippen molar-refractivity contribution in [3.8, 4) is 0 Å². The van der Waals surface area contributed by atoms with E-state index in [0.717, 1.165) is 70.2 Å². The number of rotatable bonds is 4. The number of ether oxygens (including phenoxy) is 1. The average molecular weight is 389 g/mol. The molecule has 1 N–H and O–H groups in total. The van der Waals surface area contributed by atoms with Crippen LogP contribution in [-0.2, 0) is 29.0 Å². The van der Waals surface area contributed by atoms with E-state index in [9.17, 15) is 4.79 Å². The highest BCUT2D eigenvalue weighted by atomic mass is 16.5. The van der Waals surface area contributed by atoms with Crippen LogP contribution in [0.5, 0.6) is 0 Å². The number of hydrogen-bond donors (Lipinski definition) is 1. The summed E-state index contributed by atoms with van der Waals surface area (Å²) < 4.78 is 7.83. The number of nitrogens with zero attached hydrogens (tertiary/aromatic N) is 5. The molecule has 1 aromatic heterocycles. The zero-order valence-corrected chi connectivity index (χ0v) is 16.9. The quantitative estimate of drug-likeness (QED) is 0.615. The first-order valence-electron chi connectivity index (χ1n) is 10.7. The Morgan fingerprint density at radius 3 is 2.75 bits per heavy atom. The zero-order valence-electron chi connectivity index (χ0n) is 16.9. The number of aliphatic imine (C=N–C) groups is 1. The summed E-state index contributed by atoms with van der Waals surface area (Å²) in [5.41, 5.74) is 1.04. The molecule has 1 aromatic rings. The molecule has 0 aromatic carbocycles. The first-order valence-corrected chi connectivity index (χ1v) is 10.7. The Hall–Kier alpha value is -2.09. The number of carbonyl (C=O) groups excluding carboxylic acids is 1. The molecule has 0 radical (unpaired) electrons. The summed E-state index contributed by atoms with van der Waals surface area (Å²) in [6.07, 6.45) is 7.33. The summed E-state index contributed by atoms with van der Waals surface area (Å²) in [7, 11) is 0. The Kier molecular flexibility index (Phi) is 6.14. The van der Waals surface area contributed by atoms with E-state index >= 15 is 0 Å². The van der Waals surface area contributed by atoms with Crippen molar-refractivity contribution in [3.63, 3.8) is 0 Å². The number of carbonyl (C=O) groups is 1. The lowest BCUT2D eigenvalue weighted by molar-refractivity contribution is -0.142. The van der Waals surface area contributed by atoms with Crippen LogP contribution in [-0.4, -0.2) is 76.7 Å². The van der Waals surface area contributed by atoms with Gasteiger partial charge in [0.2, 0.25) is 0 Å². The second kappa shape index (κ2) is 8.94. The van der Waals surface area contributed by atoms with Gasteiger partial charge in [0.25, 0.3) is 5.91 Å². The first-order chi connectivity index (χ1) is 13.7. The summed E-state index contributed by atoms with van der Waals surface area (Å²) in [4.78, 5) is 26.3. The number of fused-ring (bicyclic) bond motifs is 1. The monoisotopic (exact) mass is 388 g/mol. The highest BCUT2D eigenvalue weighted by molar-refractivity contribution is 5.82.